The quantitative estimate of drug-likeness (QED) is 0.185. The lowest BCUT2D eigenvalue weighted by atomic mass is 9.83. The Balaban J connectivity index is 1.18. The number of aliphatic hydroxyl groups is 5. The molecule has 0 aromatic heterocycles. The van der Waals surface area contributed by atoms with E-state index in [1.54, 1.807) is 25.1 Å². The van der Waals surface area contributed by atoms with E-state index in [0.717, 1.165) is 5.56 Å². The minimum atomic E-state index is -1.49. The first-order valence-corrected chi connectivity index (χ1v) is 14.5. The third-order valence-electron chi connectivity index (χ3n) is 8.01. The lowest BCUT2D eigenvalue weighted by Gasteiger charge is -2.41. The van der Waals surface area contributed by atoms with Gasteiger partial charge in [-0.15, -0.1) is 0 Å². The maximum Gasteiger partial charge on any atom is 0.247 e. The number of fused-ring (bicyclic) bond motifs is 1. The number of phenols is 1. The molecule has 14 heteroatoms. The van der Waals surface area contributed by atoms with Crippen LogP contribution in [-0.2, 0) is 30.3 Å². The zero-order chi connectivity index (χ0) is 31.7. The van der Waals surface area contributed by atoms with Crippen LogP contribution >= 0.6 is 11.6 Å². The summed E-state index contributed by atoms with van der Waals surface area (Å²) in [7, 11) is 0. The Kier molecular flexibility index (Phi) is 10.1. The first-order chi connectivity index (χ1) is 20.9. The molecule has 2 aliphatic heterocycles. The molecule has 0 radical (unpaired) electrons. The molecule has 240 valence electrons. The van der Waals surface area contributed by atoms with Gasteiger partial charge in [0, 0.05) is 10.6 Å². The molecule has 5 rings (SSSR count). The van der Waals surface area contributed by atoms with Gasteiger partial charge in [0.25, 0.3) is 0 Å². The first-order valence-electron chi connectivity index (χ1n) is 14.1. The fraction of sp³-hybridized carbons (Fsp3) is 0.500. The number of ether oxygens (including phenoxy) is 5. The van der Waals surface area contributed by atoms with Gasteiger partial charge in [-0.25, -0.2) is 0 Å². The molecule has 2 heterocycles. The monoisotopic (exact) mass is 637 g/mol. The first kappa shape index (κ1) is 32.6. The fourth-order valence-electron chi connectivity index (χ4n) is 5.45. The number of amides is 1. The Morgan fingerprint density at radius 3 is 2.36 bits per heavy atom. The number of nitrogens with one attached hydrogen (secondary N) is 1. The number of rotatable bonds is 9. The third-order valence-corrected chi connectivity index (χ3v) is 8.27. The molecular formula is C30H36ClNO12. The maximum absolute atomic E-state index is 12.9. The second kappa shape index (κ2) is 13.7. The molecule has 2 aromatic carbocycles. The van der Waals surface area contributed by atoms with E-state index in [-0.39, 0.29) is 30.5 Å². The molecule has 2 saturated heterocycles. The molecule has 2 aromatic rings. The largest absolute Gasteiger partial charge is 0.504 e. The van der Waals surface area contributed by atoms with Gasteiger partial charge in [-0.05, 0) is 55.3 Å². The summed E-state index contributed by atoms with van der Waals surface area (Å²) in [5.74, 6) is -0.988. The minimum absolute atomic E-state index is 0.0355. The Morgan fingerprint density at radius 1 is 1.00 bits per heavy atom. The van der Waals surface area contributed by atoms with Crippen molar-refractivity contribution in [2.75, 3.05) is 6.79 Å². The standard InChI is InChI=1S/C30H36ClNO12/c1-13(29(39)32-20-21(34)23(36)28-27(22(20)35)41-12-42-28)9-16-5-8-19(18(33)10-16)43-30-25(38)24(37)26(44-30)14(2)40-11-15-3-6-17(31)7-4-15/h3-10,14,20-28,30,33-38H,11-12H2,1-2H3,(H,32,39)/b13-9-/t14?,20-,21+,22-,23-,24+,25+,26?,27+,28-,30-/m1/s1. The zero-order valence-electron chi connectivity index (χ0n) is 23.9. The normalized spacial score (nSPS) is 34.4. The van der Waals surface area contributed by atoms with Crippen LogP contribution in [0.25, 0.3) is 6.08 Å². The molecule has 3 fully saturated rings. The molecule has 0 spiro atoms. The van der Waals surface area contributed by atoms with Crippen LogP contribution in [-0.4, -0.2) is 111 Å². The minimum Gasteiger partial charge on any atom is -0.504 e. The van der Waals surface area contributed by atoms with Crippen molar-refractivity contribution in [1.82, 2.24) is 5.32 Å². The van der Waals surface area contributed by atoms with Crippen molar-refractivity contribution in [3.05, 3.63) is 64.2 Å². The number of phenolic OH excluding ortho intramolecular Hbond substituents is 1. The molecule has 3 aliphatic rings. The van der Waals surface area contributed by atoms with Crippen LogP contribution in [0.4, 0.5) is 0 Å². The average Bonchev–Trinajstić information content (AvgIpc) is 3.60. The molecule has 13 nitrogen and oxygen atoms in total. The van der Waals surface area contributed by atoms with Gasteiger partial charge < -0.3 is 59.6 Å². The summed E-state index contributed by atoms with van der Waals surface area (Å²) in [4.78, 5) is 12.9. The van der Waals surface area contributed by atoms with Gasteiger partial charge >= 0.3 is 0 Å². The average molecular weight is 638 g/mol. The van der Waals surface area contributed by atoms with Crippen molar-refractivity contribution < 1.29 is 59.1 Å². The number of carbonyl (C=O) groups is 1. The Hall–Kier alpha value is -2.82. The Morgan fingerprint density at radius 2 is 1.68 bits per heavy atom. The number of hydrogen-bond acceptors (Lipinski definition) is 12. The van der Waals surface area contributed by atoms with Crippen molar-refractivity contribution in [2.45, 2.75) is 87.7 Å². The Bertz CT molecular complexity index is 1340. The van der Waals surface area contributed by atoms with Crippen molar-refractivity contribution >= 4 is 23.6 Å². The number of aliphatic hydroxyl groups excluding tert-OH is 5. The van der Waals surface area contributed by atoms with Crippen LogP contribution < -0.4 is 10.1 Å². The van der Waals surface area contributed by atoms with E-state index in [4.69, 9.17) is 35.3 Å². The molecule has 1 saturated carbocycles. The topological polar surface area (TPSA) is 197 Å². The predicted molar refractivity (Wildman–Crippen MR) is 153 cm³/mol. The van der Waals surface area contributed by atoms with Gasteiger partial charge in [0.1, 0.15) is 55.6 Å². The molecule has 44 heavy (non-hydrogen) atoms. The number of aromatic hydroxyl groups is 1. The van der Waals surface area contributed by atoms with Gasteiger partial charge in [-0.2, -0.15) is 0 Å². The summed E-state index contributed by atoms with van der Waals surface area (Å²) in [5.41, 5.74) is 1.45. The molecule has 0 bridgehead atoms. The van der Waals surface area contributed by atoms with Crippen molar-refractivity contribution in [2.24, 2.45) is 0 Å². The van der Waals surface area contributed by atoms with E-state index in [1.165, 1.54) is 25.1 Å². The fourth-order valence-corrected chi connectivity index (χ4v) is 5.57. The van der Waals surface area contributed by atoms with E-state index in [9.17, 15) is 35.4 Å². The van der Waals surface area contributed by atoms with Gasteiger partial charge in [0.15, 0.2) is 11.5 Å². The van der Waals surface area contributed by atoms with E-state index in [0.29, 0.717) is 10.6 Å². The second-order valence-electron chi connectivity index (χ2n) is 11.1. The Labute approximate surface area is 258 Å². The highest BCUT2D eigenvalue weighted by atomic mass is 35.5. The van der Waals surface area contributed by atoms with E-state index in [1.807, 2.05) is 12.1 Å². The predicted octanol–water partition coefficient (Wildman–Crippen LogP) is 0.202. The molecule has 11 atom stereocenters. The molecular weight excluding hydrogens is 602 g/mol. The van der Waals surface area contributed by atoms with Crippen LogP contribution in [0.5, 0.6) is 11.5 Å². The van der Waals surface area contributed by atoms with Crippen LogP contribution in [0, 0.1) is 0 Å². The molecule has 2 unspecified atom stereocenters. The number of hydrogen-bond donors (Lipinski definition) is 7. The summed E-state index contributed by atoms with van der Waals surface area (Å²) in [6, 6.07) is 10.1. The van der Waals surface area contributed by atoms with Gasteiger partial charge in [0.2, 0.25) is 12.2 Å². The zero-order valence-corrected chi connectivity index (χ0v) is 24.7. The van der Waals surface area contributed by atoms with Crippen molar-refractivity contribution in [1.29, 1.82) is 0 Å². The van der Waals surface area contributed by atoms with Crippen LogP contribution in [0.1, 0.15) is 25.0 Å². The highest BCUT2D eigenvalue weighted by Crippen LogP contribution is 2.34. The van der Waals surface area contributed by atoms with Gasteiger partial charge in [-0.3, -0.25) is 4.79 Å². The lowest BCUT2D eigenvalue weighted by molar-refractivity contribution is -0.155. The maximum atomic E-state index is 12.9. The summed E-state index contributed by atoms with van der Waals surface area (Å²) in [6.45, 7) is 3.27. The number of halogens is 1. The molecule has 1 amide bonds. The number of benzene rings is 2. The van der Waals surface area contributed by atoms with Gasteiger partial charge in [0.05, 0.1) is 18.8 Å². The molecule has 1 aliphatic carbocycles. The van der Waals surface area contributed by atoms with Crippen molar-refractivity contribution in [3.8, 4) is 11.5 Å². The SMILES string of the molecule is C/C(=C/c1ccc(O[C@@H]2OC(C(C)OCc3ccc(Cl)cc3)[C@@H](O)[C@@H]2O)c(O)c1)C(=O)N[C@@H]1[C@H](O)[C@@H](O)[C@H]2OCO[C@H]2[C@@H]1O. The van der Waals surface area contributed by atoms with E-state index in [2.05, 4.69) is 5.32 Å². The van der Waals surface area contributed by atoms with Crippen LogP contribution in [0.15, 0.2) is 48.0 Å². The van der Waals surface area contributed by atoms with E-state index >= 15 is 0 Å². The van der Waals surface area contributed by atoms with Crippen molar-refractivity contribution in [3.63, 3.8) is 0 Å². The summed E-state index contributed by atoms with van der Waals surface area (Å²) < 4.78 is 27.7. The molecule has 7 N–H and O–H groups in total. The summed E-state index contributed by atoms with van der Waals surface area (Å²) in [6.07, 6.45) is -10.1. The lowest BCUT2D eigenvalue weighted by Crippen LogP contribution is -2.67. The van der Waals surface area contributed by atoms with Crippen LogP contribution in [0.2, 0.25) is 5.02 Å². The number of carbonyl (C=O) groups excluding carboxylic acids is 1. The second-order valence-corrected chi connectivity index (χ2v) is 11.6. The van der Waals surface area contributed by atoms with Crippen LogP contribution in [0.3, 0.4) is 0 Å². The highest BCUT2D eigenvalue weighted by Gasteiger charge is 2.53. The smallest absolute Gasteiger partial charge is 0.247 e. The summed E-state index contributed by atoms with van der Waals surface area (Å²) in [5, 5.41) is 66.2. The van der Waals surface area contributed by atoms with Gasteiger partial charge in [-0.1, -0.05) is 29.8 Å². The summed E-state index contributed by atoms with van der Waals surface area (Å²) >= 11 is 5.91. The third kappa shape index (κ3) is 6.87. The highest BCUT2D eigenvalue weighted by molar-refractivity contribution is 6.30. The van der Waals surface area contributed by atoms with E-state index < -0.39 is 73.2 Å².